The largest absolute Gasteiger partial charge is 0.460 e. The molecule has 0 radical (unpaired) electrons. The highest BCUT2D eigenvalue weighted by atomic mass is 16.7. The van der Waals surface area contributed by atoms with Gasteiger partial charge in [0.25, 0.3) is 0 Å². The van der Waals surface area contributed by atoms with Gasteiger partial charge >= 0.3 is 11.9 Å². The summed E-state index contributed by atoms with van der Waals surface area (Å²) in [5, 5.41) is 0. The van der Waals surface area contributed by atoms with Gasteiger partial charge in [0.15, 0.2) is 12.4 Å². The van der Waals surface area contributed by atoms with Crippen LogP contribution < -0.4 is 0 Å². The molecule has 0 aromatic heterocycles. The van der Waals surface area contributed by atoms with Crippen molar-refractivity contribution in [3.63, 3.8) is 0 Å². The van der Waals surface area contributed by atoms with Crippen molar-refractivity contribution < 1.29 is 28.5 Å². The van der Waals surface area contributed by atoms with Crippen LogP contribution in [0.2, 0.25) is 0 Å². The van der Waals surface area contributed by atoms with Crippen LogP contribution in [0.25, 0.3) is 0 Å². The number of esters is 2. The molecule has 1 aliphatic heterocycles. The van der Waals surface area contributed by atoms with Gasteiger partial charge in [-0.3, -0.25) is 9.59 Å². The van der Waals surface area contributed by atoms with Crippen molar-refractivity contribution in [3.8, 4) is 0 Å². The fourth-order valence-electron chi connectivity index (χ4n) is 1.82. The van der Waals surface area contributed by atoms with Gasteiger partial charge < -0.3 is 18.9 Å². The maximum absolute atomic E-state index is 10.9. The Morgan fingerprint density at radius 2 is 1.94 bits per heavy atom. The van der Waals surface area contributed by atoms with Gasteiger partial charge in [0, 0.05) is 27.4 Å². The number of carbonyl (C=O) groups excluding carboxylic acids is 2. The number of ether oxygens (including phenoxy) is 4. The van der Waals surface area contributed by atoms with Crippen LogP contribution in [-0.4, -0.2) is 43.7 Å². The molecule has 1 heterocycles. The first kappa shape index (κ1) is 13.9. The van der Waals surface area contributed by atoms with Crippen LogP contribution in [0.3, 0.4) is 0 Å². The molecule has 0 aromatic rings. The summed E-state index contributed by atoms with van der Waals surface area (Å²) in [5.41, 5.74) is 0. The van der Waals surface area contributed by atoms with E-state index >= 15 is 0 Å². The molecule has 0 aliphatic carbocycles. The zero-order valence-electron chi connectivity index (χ0n) is 10.5. The summed E-state index contributed by atoms with van der Waals surface area (Å²) in [6.07, 6.45) is -1.34. The topological polar surface area (TPSA) is 71.1 Å². The van der Waals surface area contributed by atoms with Crippen LogP contribution in [-0.2, 0) is 28.5 Å². The fourth-order valence-corrected chi connectivity index (χ4v) is 1.82. The minimum Gasteiger partial charge on any atom is -0.460 e. The van der Waals surface area contributed by atoms with Crippen molar-refractivity contribution >= 4 is 11.9 Å². The lowest BCUT2D eigenvalue weighted by molar-refractivity contribution is -0.185. The predicted molar refractivity (Wildman–Crippen MR) is 57.1 cm³/mol. The lowest BCUT2D eigenvalue weighted by Crippen LogP contribution is -2.28. The predicted octanol–water partition coefficient (Wildman–Crippen LogP) is 0.631. The number of rotatable bonds is 4. The van der Waals surface area contributed by atoms with Crippen LogP contribution in [0.5, 0.6) is 0 Å². The molecule has 1 rings (SSSR count). The Morgan fingerprint density at radius 3 is 2.41 bits per heavy atom. The van der Waals surface area contributed by atoms with Crippen molar-refractivity contribution in [1.29, 1.82) is 0 Å². The minimum atomic E-state index is -0.609. The van der Waals surface area contributed by atoms with E-state index in [1.807, 2.05) is 0 Å². The van der Waals surface area contributed by atoms with E-state index in [9.17, 15) is 9.59 Å². The Kier molecular flexibility index (Phi) is 4.89. The standard InChI is InChI=1S/C11H18O6/c1-6(15-7(2)12)9-5-10(16-8(3)13)11(14-4)17-9/h6,9-11H,5H2,1-4H3. The Morgan fingerprint density at radius 1 is 1.29 bits per heavy atom. The second-order valence-electron chi connectivity index (χ2n) is 3.98. The molecule has 0 saturated carbocycles. The number of hydrogen-bond donors (Lipinski definition) is 0. The van der Waals surface area contributed by atoms with Gasteiger partial charge in [-0.05, 0) is 6.92 Å². The molecule has 6 heteroatoms. The summed E-state index contributed by atoms with van der Waals surface area (Å²) in [4.78, 5) is 21.7. The Bertz CT molecular complexity index is 290. The molecule has 4 atom stereocenters. The first-order valence-electron chi connectivity index (χ1n) is 5.46. The van der Waals surface area contributed by atoms with Gasteiger partial charge in [-0.2, -0.15) is 0 Å². The molecule has 6 nitrogen and oxygen atoms in total. The third kappa shape index (κ3) is 3.98. The average Bonchev–Trinajstić information content (AvgIpc) is 2.59. The van der Waals surface area contributed by atoms with E-state index in [0.29, 0.717) is 6.42 Å². The van der Waals surface area contributed by atoms with Gasteiger partial charge in [0.05, 0.1) is 0 Å². The van der Waals surface area contributed by atoms with Crippen LogP contribution in [0, 0.1) is 0 Å². The van der Waals surface area contributed by atoms with Gasteiger partial charge in [0.2, 0.25) is 0 Å². The number of hydrogen-bond acceptors (Lipinski definition) is 6. The quantitative estimate of drug-likeness (QED) is 0.677. The SMILES string of the molecule is COC1OC(C(C)OC(C)=O)CC1OC(C)=O. The highest BCUT2D eigenvalue weighted by Gasteiger charge is 2.41. The van der Waals surface area contributed by atoms with E-state index in [-0.39, 0.29) is 18.0 Å². The third-order valence-corrected chi connectivity index (χ3v) is 2.50. The molecule has 17 heavy (non-hydrogen) atoms. The Labute approximate surface area is 100 Å². The number of carbonyl (C=O) groups is 2. The number of methoxy groups -OCH3 is 1. The summed E-state index contributed by atoms with van der Waals surface area (Å²) in [7, 11) is 1.47. The molecule has 0 spiro atoms. The molecular formula is C11H18O6. The normalized spacial score (nSPS) is 29.8. The van der Waals surface area contributed by atoms with Crippen LogP contribution in [0.1, 0.15) is 27.2 Å². The molecule has 0 aromatic carbocycles. The fraction of sp³-hybridized carbons (Fsp3) is 0.818. The smallest absolute Gasteiger partial charge is 0.303 e. The maximum atomic E-state index is 10.9. The Balaban J connectivity index is 2.56. The van der Waals surface area contributed by atoms with Crippen LogP contribution in [0.15, 0.2) is 0 Å². The van der Waals surface area contributed by atoms with Gasteiger partial charge in [-0.25, -0.2) is 0 Å². The summed E-state index contributed by atoms with van der Waals surface area (Å²) in [5.74, 6) is -0.757. The maximum Gasteiger partial charge on any atom is 0.303 e. The highest BCUT2D eigenvalue weighted by molar-refractivity contribution is 5.66. The van der Waals surface area contributed by atoms with E-state index in [4.69, 9.17) is 18.9 Å². The molecule has 0 N–H and O–H groups in total. The zero-order chi connectivity index (χ0) is 13.0. The minimum absolute atomic E-state index is 0.326. The molecule has 1 fully saturated rings. The van der Waals surface area contributed by atoms with E-state index in [2.05, 4.69) is 0 Å². The molecule has 1 saturated heterocycles. The molecule has 1 aliphatic rings. The lowest BCUT2D eigenvalue weighted by atomic mass is 10.1. The van der Waals surface area contributed by atoms with Crippen molar-refractivity contribution in [2.24, 2.45) is 0 Å². The molecule has 98 valence electrons. The van der Waals surface area contributed by atoms with E-state index in [0.717, 1.165) is 0 Å². The van der Waals surface area contributed by atoms with Gasteiger partial charge in [-0.15, -0.1) is 0 Å². The van der Waals surface area contributed by atoms with Crippen molar-refractivity contribution in [3.05, 3.63) is 0 Å². The van der Waals surface area contributed by atoms with Crippen LogP contribution >= 0.6 is 0 Å². The molecule has 0 amide bonds. The monoisotopic (exact) mass is 246 g/mol. The molecule has 4 unspecified atom stereocenters. The van der Waals surface area contributed by atoms with Gasteiger partial charge in [0.1, 0.15) is 12.2 Å². The summed E-state index contributed by atoms with van der Waals surface area (Å²) in [6.45, 7) is 4.40. The van der Waals surface area contributed by atoms with Crippen molar-refractivity contribution in [1.82, 2.24) is 0 Å². The third-order valence-electron chi connectivity index (χ3n) is 2.50. The average molecular weight is 246 g/mol. The summed E-state index contributed by atoms with van der Waals surface area (Å²) in [6, 6.07) is 0. The van der Waals surface area contributed by atoms with Gasteiger partial charge in [-0.1, -0.05) is 0 Å². The first-order valence-corrected chi connectivity index (χ1v) is 5.46. The second-order valence-corrected chi connectivity index (χ2v) is 3.98. The van der Waals surface area contributed by atoms with E-state index in [1.54, 1.807) is 6.92 Å². The van der Waals surface area contributed by atoms with Crippen LogP contribution in [0.4, 0.5) is 0 Å². The second kappa shape index (κ2) is 5.97. The van der Waals surface area contributed by atoms with Crippen molar-refractivity contribution in [2.45, 2.75) is 51.8 Å². The summed E-state index contributed by atoms with van der Waals surface area (Å²) < 4.78 is 20.7. The van der Waals surface area contributed by atoms with E-state index in [1.165, 1.54) is 21.0 Å². The van der Waals surface area contributed by atoms with E-state index < -0.39 is 18.5 Å². The zero-order valence-corrected chi connectivity index (χ0v) is 10.5. The lowest BCUT2D eigenvalue weighted by Gasteiger charge is -2.18. The molecule has 0 bridgehead atoms. The summed E-state index contributed by atoms with van der Waals surface area (Å²) >= 11 is 0. The first-order chi connectivity index (χ1) is 7.93. The van der Waals surface area contributed by atoms with Crippen molar-refractivity contribution in [2.75, 3.05) is 7.11 Å². The highest BCUT2D eigenvalue weighted by Crippen LogP contribution is 2.27. The molecular weight excluding hydrogens is 228 g/mol. The Hall–Kier alpha value is -1.14.